The van der Waals surface area contributed by atoms with E-state index in [4.69, 9.17) is 16.3 Å². The summed E-state index contributed by atoms with van der Waals surface area (Å²) < 4.78 is 5.24. The minimum atomic E-state index is 0.561. The Morgan fingerprint density at radius 1 is 1.17 bits per heavy atom. The maximum atomic E-state index is 6.03. The molecule has 0 aliphatic heterocycles. The van der Waals surface area contributed by atoms with Crippen LogP contribution < -0.4 is 4.74 Å². The number of pyridine rings is 1. The van der Waals surface area contributed by atoms with Crippen LogP contribution in [0.5, 0.6) is 5.75 Å². The number of halogens is 1. The summed E-state index contributed by atoms with van der Waals surface area (Å²) in [6.45, 7) is 4.16. The molecule has 2 aromatic rings. The van der Waals surface area contributed by atoms with E-state index in [1.165, 1.54) is 24.0 Å². The highest BCUT2D eigenvalue weighted by molar-refractivity contribution is 6.29. The van der Waals surface area contributed by atoms with Gasteiger partial charge in [-0.3, -0.25) is 4.90 Å². The third-order valence-corrected chi connectivity index (χ3v) is 4.81. The van der Waals surface area contributed by atoms with Crippen LogP contribution in [0.2, 0.25) is 5.15 Å². The second-order valence-corrected chi connectivity index (χ2v) is 6.71. The molecule has 1 fully saturated rings. The second-order valence-electron chi connectivity index (χ2n) is 6.32. The first-order chi connectivity index (χ1) is 11.2. The standard InChI is InChI=1S/C19H23ClN2O/c1-14(17-5-6-17)22(13-16-9-10-21-19(20)11-16)12-15-3-7-18(23-2)8-4-15/h3-4,7-11,14,17H,5-6,12-13H2,1-2H3. The van der Waals surface area contributed by atoms with Gasteiger partial charge in [0.25, 0.3) is 0 Å². The zero-order valence-electron chi connectivity index (χ0n) is 13.7. The van der Waals surface area contributed by atoms with Gasteiger partial charge >= 0.3 is 0 Å². The first-order valence-electron chi connectivity index (χ1n) is 8.13. The Morgan fingerprint density at radius 3 is 2.48 bits per heavy atom. The molecule has 0 radical (unpaired) electrons. The van der Waals surface area contributed by atoms with Crippen LogP contribution in [-0.2, 0) is 13.1 Å². The average Bonchev–Trinajstić information content (AvgIpc) is 3.39. The van der Waals surface area contributed by atoms with Crippen molar-refractivity contribution in [3.05, 3.63) is 58.9 Å². The molecule has 0 saturated heterocycles. The molecule has 1 aliphatic carbocycles. The molecule has 23 heavy (non-hydrogen) atoms. The normalized spacial score (nSPS) is 15.7. The molecule has 0 bridgehead atoms. The number of hydrogen-bond donors (Lipinski definition) is 0. The highest BCUT2D eigenvalue weighted by Crippen LogP contribution is 2.36. The Bertz CT molecular complexity index is 640. The molecule has 3 nitrogen and oxygen atoms in total. The summed E-state index contributed by atoms with van der Waals surface area (Å²) in [5.41, 5.74) is 2.52. The fourth-order valence-electron chi connectivity index (χ4n) is 2.96. The van der Waals surface area contributed by atoms with Crippen LogP contribution in [0.4, 0.5) is 0 Å². The lowest BCUT2D eigenvalue weighted by molar-refractivity contribution is 0.172. The van der Waals surface area contributed by atoms with Crippen LogP contribution in [0, 0.1) is 5.92 Å². The zero-order valence-corrected chi connectivity index (χ0v) is 14.5. The summed E-state index contributed by atoms with van der Waals surface area (Å²) in [5, 5.41) is 0.561. The first kappa shape index (κ1) is 16.3. The van der Waals surface area contributed by atoms with Crippen molar-refractivity contribution in [2.75, 3.05) is 7.11 Å². The number of ether oxygens (including phenoxy) is 1. The van der Waals surface area contributed by atoms with Gasteiger partial charge in [0.2, 0.25) is 0 Å². The Labute approximate surface area is 143 Å². The second kappa shape index (κ2) is 7.33. The first-order valence-corrected chi connectivity index (χ1v) is 8.51. The quantitative estimate of drug-likeness (QED) is 0.697. The summed E-state index contributed by atoms with van der Waals surface area (Å²) in [7, 11) is 1.70. The third-order valence-electron chi connectivity index (χ3n) is 4.60. The lowest BCUT2D eigenvalue weighted by Crippen LogP contribution is -2.33. The van der Waals surface area contributed by atoms with E-state index in [2.05, 4.69) is 28.9 Å². The van der Waals surface area contributed by atoms with Crippen LogP contribution in [0.1, 0.15) is 30.9 Å². The number of rotatable bonds is 7. The van der Waals surface area contributed by atoms with Crippen LogP contribution >= 0.6 is 11.6 Å². The van der Waals surface area contributed by atoms with Crippen molar-refractivity contribution in [3.63, 3.8) is 0 Å². The van der Waals surface area contributed by atoms with Crippen molar-refractivity contribution in [1.82, 2.24) is 9.88 Å². The lowest BCUT2D eigenvalue weighted by Gasteiger charge is -2.29. The summed E-state index contributed by atoms with van der Waals surface area (Å²) in [4.78, 5) is 6.61. The van der Waals surface area contributed by atoms with E-state index in [9.17, 15) is 0 Å². The van der Waals surface area contributed by atoms with Gasteiger partial charge in [-0.05, 0) is 61.1 Å². The number of hydrogen-bond acceptors (Lipinski definition) is 3. The average molecular weight is 331 g/mol. The molecular formula is C19H23ClN2O. The van der Waals surface area contributed by atoms with Gasteiger partial charge < -0.3 is 4.74 Å². The van der Waals surface area contributed by atoms with E-state index in [0.29, 0.717) is 11.2 Å². The van der Waals surface area contributed by atoms with Crippen molar-refractivity contribution in [1.29, 1.82) is 0 Å². The van der Waals surface area contributed by atoms with Gasteiger partial charge in [-0.15, -0.1) is 0 Å². The number of aromatic nitrogens is 1. The van der Waals surface area contributed by atoms with E-state index in [-0.39, 0.29) is 0 Å². The molecule has 1 aliphatic rings. The van der Waals surface area contributed by atoms with Crippen LogP contribution in [0.25, 0.3) is 0 Å². The van der Waals surface area contributed by atoms with Crippen LogP contribution in [0.15, 0.2) is 42.6 Å². The Hall–Kier alpha value is -1.58. The molecule has 0 amide bonds. The van der Waals surface area contributed by atoms with Gasteiger partial charge in [-0.2, -0.15) is 0 Å². The van der Waals surface area contributed by atoms with Crippen molar-refractivity contribution in [2.24, 2.45) is 5.92 Å². The number of methoxy groups -OCH3 is 1. The van der Waals surface area contributed by atoms with E-state index in [0.717, 1.165) is 24.8 Å². The topological polar surface area (TPSA) is 25.4 Å². The predicted octanol–water partition coefficient (Wildman–Crippen LogP) is 4.54. The van der Waals surface area contributed by atoms with Crippen LogP contribution in [-0.4, -0.2) is 23.0 Å². The maximum Gasteiger partial charge on any atom is 0.129 e. The van der Waals surface area contributed by atoms with Crippen molar-refractivity contribution in [3.8, 4) is 5.75 Å². The van der Waals surface area contributed by atoms with E-state index in [1.54, 1.807) is 13.3 Å². The maximum absolute atomic E-state index is 6.03. The number of benzene rings is 1. The van der Waals surface area contributed by atoms with Gasteiger partial charge in [0.1, 0.15) is 10.9 Å². The Balaban J connectivity index is 1.74. The largest absolute Gasteiger partial charge is 0.497 e. The monoisotopic (exact) mass is 330 g/mol. The van der Waals surface area contributed by atoms with E-state index < -0.39 is 0 Å². The SMILES string of the molecule is COc1ccc(CN(Cc2ccnc(Cl)c2)C(C)C2CC2)cc1. The molecule has 1 aromatic heterocycles. The number of nitrogens with zero attached hydrogens (tertiary/aromatic N) is 2. The Kier molecular flexibility index (Phi) is 5.19. The minimum Gasteiger partial charge on any atom is -0.497 e. The van der Waals surface area contributed by atoms with E-state index in [1.807, 2.05) is 24.3 Å². The summed E-state index contributed by atoms with van der Waals surface area (Å²) in [6.07, 6.45) is 4.47. The summed E-state index contributed by atoms with van der Waals surface area (Å²) >= 11 is 6.03. The molecule has 1 saturated carbocycles. The van der Waals surface area contributed by atoms with Gasteiger partial charge in [0, 0.05) is 25.3 Å². The molecule has 1 unspecified atom stereocenters. The zero-order chi connectivity index (χ0) is 16.2. The summed E-state index contributed by atoms with van der Waals surface area (Å²) in [5.74, 6) is 1.72. The third kappa shape index (κ3) is 4.46. The molecular weight excluding hydrogens is 308 g/mol. The van der Waals surface area contributed by atoms with Gasteiger partial charge in [-0.1, -0.05) is 23.7 Å². The lowest BCUT2D eigenvalue weighted by atomic mass is 10.1. The predicted molar refractivity (Wildman–Crippen MR) is 93.7 cm³/mol. The van der Waals surface area contributed by atoms with Crippen molar-refractivity contribution < 1.29 is 4.74 Å². The molecule has 1 atom stereocenters. The smallest absolute Gasteiger partial charge is 0.129 e. The highest BCUT2D eigenvalue weighted by Gasteiger charge is 2.32. The van der Waals surface area contributed by atoms with Crippen LogP contribution in [0.3, 0.4) is 0 Å². The fourth-order valence-corrected chi connectivity index (χ4v) is 3.16. The van der Waals surface area contributed by atoms with E-state index >= 15 is 0 Å². The molecule has 3 rings (SSSR count). The Morgan fingerprint density at radius 2 is 1.87 bits per heavy atom. The molecule has 0 N–H and O–H groups in total. The molecule has 1 aromatic carbocycles. The summed E-state index contributed by atoms with van der Waals surface area (Å²) in [6, 6.07) is 12.9. The molecule has 1 heterocycles. The fraction of sp³-hybridized carbons (Fsp3) is 0.421. The van der Waals surface area contributed by atoms with Gasteiger partial charge in [0.05, 0.1) is 7.11 Å². The van der Waals surface area contributed by atoms with Gasteiger partial charge in [0.15, 0.2) is 0 Å². The molecule has 4 heteroatoms. The minimum absolute atomic E-state index is 0.561. The van der Waals surface area contributed by atoms with Crippen molar-refractivity contribution >= 4 is 11.6 Å². The molecule has 122 valence electrons. The van der Waals surface area contributed by atoms with Gasteiger partial charge in [-0.25, -0.2) is 4.98 Å². The molecule has 0 spiro atoms. The van der Waals surface area contributed by atoms with Crippen molar-refractivity contribution in [2.45, 2.75) is 38.9 Å². The highest BCUT2D eigenvalue weighted by atomic mass is 35.5.